The third-order valence-corrected chi connectivity index (χ3v) is 4.91. The van der Waals surface area contributed by atoms with Crippen LogP contribution in [-0.2, 0) is 13.2 Å². The Labute approximate surface area is 166 Å². The molecular formula is C23H28N2O3. The Hall–Kier alpha value is -2.79. The number of rotatable bonds is 8. The number of aliphatic hydroxyl groups excluding tert-OH is 1. The first-order valence-electron chi connectivity index (χ1n) is 9.58. The van der Waals surface area contributed by atoms with Gasteiger partial charge in [0, 0.05) is 6.54 Å². The molecule has 0 fully saturated rings. The number of benzene rings is 2. The number of ether oxygens (including phenoxy) is 2. The maximum atomic E-state index is 9.69. The molecule has 0 aliphatic heterocycles. The zero-order valence-corrected chi connectivity index (χ0v) is 17.0. The van der Waals surface area contributed by atoms with Crippen LogP contribution in [-0.4, -0.2) is 28.4 Å². The first kappa shape index (κ1) is 20.0. The Kier molecular flexibility index (Phi) is 6.37. The number of nitrogens with zero attached hydrogens (tertiary/aromatic N) is 2. The van der Waals surface area contributed by atoms with Crippen LogP contribution in [0, 0.1) is 13.8 Å². The fraction of sp³-hybridized carbons (Fsp3) is 0.348. The van der Waals surface area contributed by atoms with Gasteiger partial charge in [0.15, 0.2) is 11.5 Å². The molecule has 5 heteroatoms. The largest absolute Gasteiger partial charge is 0.493 e. The van der Waals surface area contributed by atoms with Crippen molar-refractivity contribution in [3.63, 3.8) is 0 Å². The van der Waals surface area contributed by atoms with Gasteiger partial charge in [0.25, 0.3) is 0 Å². The van der Waals surface area contributed by atoms with Gasteiger partial charge < -0.3 is 19.1 Å². The molecule has 1 heterocycles. The van der Waals surface area contributed by atoms with Crippen molar-refractivity contribution in [2.45, 2.75) is 40.3 Å². The van der Waals surface area contributed by atoms with Crippen LogP contribution in [0.4, 0.5) is 0 Å². The van der Waals surface area contributed by atoms with Crippen molar-refractivity contribution < 1.29 is 14.6 Å². The zero-order chi connectivity index (χ0) is 20.1. The summed E-state index contributed by atoms with van der Waals surface area (Å²) in [5.74, 6) is 2.15. The molecule has 3 rings (SSSR count). The number of allylic oxidation sites excluding steroid dienone is 1. The fourth-order valence-corrected chi connectivity index (χ4v) is 3.30. The summed E-state index contributed by atoms with van der Waals surface area (Å²) < 4.78 is 13.5. The number of aryl methyl sites for hydroxylation is 3. The lowest BCUT2D eigenvalue weighted by atomic mass is 10.1. The van der Waals surface area contributed by atoms with Gasteiger partial charge in [-0.05, 0) is 68.1 Å². The second-order valence-corrected chi connectivity index (χ2v) is 6.88. The SMILES string of the molecule is C/C=C/c1ccc(OCCCn2c(CO)nc3cc(C)c(C)cc32)c(OC)c1. The highest BCUT2D eigenvalue weighted by Gasteiger charge is 2.12. The van der Waals surface area contributed by atoms with Gasteiger partial charge in [-0.3, -0.25) is 0 Å². The van der Waals surface area contributed by atoms with Crippen molar-refractivity contribution in [1.82, 2.24) is 9.55 Å². The molecule has 0 aliphatic rings. The minimum Gasteiger partial charge on any atom is -0.493 e. The Bertz CT molecular complexity index is 989. The van der Waals surface area contributed by atoms with Gasteiger partial charge in [-0.15, -0.1) is 0 Å². The van der Waals surface area contributed by atoms with Crippen LogP contribution >= 0.6 is 0 Å². The topological polar surface area (TPSA) is 56.5 Å². The monoisotopic (exact) mass is 380 g/mol. The van der Waals surface area contributed by atoms with Crippen LogP contribution in [0.25, 0.3) is 17.1 Å². The summed E-state index contributed by atoms with van der Waals surface area (Å²) in [6.45, 7) is 7.36. The molecule has 0 aliphatic carbocycles. The van der Waals surface area contributed by atoms with Gasteiger partial charge in [0.1, 0.15) is 12.4 Å². The van der Waals surface area contributed by atoms with Crippen molar-refractivity contribution in [2.24, 2.45) is 0 Å². The van der Waals surface area contributed by atoms with Gasteiger partial charge in [0.05, 0.1) is 24.8 Å². The lowest BCUT2D eigenvalue weighted by Gasteiger charge is -2.13. The van der Waals surface area contributed by atoms with Crippen LogP contribution in [0.5, 0.6) is 11.5 Å². The molecule has 0 atom stereocenters. The molecule has 28 heavy (non-hydrogen) atoms. The summed E-state index contributed by atoms with van der Waals surface area (Å²) in [5, 5.41) is 9.69. The Morgan fingerprint density at radius 1 is 1.11 bits per heavy atom. The van der Waals surface area contributed by atoms with Crippen LogP contribution < -0.4 is 9.47 Å². The van der Waals surface area contributed by atoms with Crippen LogP contribution in [0.2, 0.25) is 0 Å². The highest BCUT2D eigenvalue weighted by atomic mass is 16.5. The molecule has 5 nitrogen and oxygen atoms in total. The molecular weight excluding hydrogens is 352 g/mol. The predicted octanol–water partition coefficient (Wildman–Crippen LogP) is 4.66. The van der Waals surface area contributed by atoms with Gasteiger partial charge in [0.2, 0.25) is 0 Å². The molecule has 0 saturated carbocycles. The standard InChI is InChI=1S/C23H28N2O3/c1-5-7-18-8-9-21(22(14-18)27-4)28-11-6-10-25-20-13-17(3)16(2)12-19(20)24-23(25)15-26/h5,7-9,12-14,26H,6,10-11,15H2,1-4H3/b7-5+. The zero-order valence-electron chi connectivity index (χ0n) is 17.0. The highest BCUT2D eigenvalue weighted by molar-refractivity contribution is 5.78. The molecule has 1 aromatic heterocycles. The molecule has 0 radical (unpaired) electrons. The second kappa shape index (κ2) is 8.93. The van der Waals surface area contributed by atoms with E-state index in [9.17, 15) is 5.11 Å². The van der Waals surface area contributed by atoms with E-state index >= 15 is 0 Å². The van der Waals surface area contributed by atoms with Gasteiger partial charge in [-0.2, -0.15) is 0 Å². The van der Waals surface area contributed by atoms with Crippen LogP contribution in [0.15, 0.2) is 36.4 Å². The molecule has 0 amide bonds. The maximum absolute atomic E-state index is 9.69. The summed E-state index contributed by atoms with van der Waals surface area (Å²) in [6, 6.07) is 10.1. The van der Waals surface area contributed by atoms with E-state index in [4.69, 9.17) is 9.47 Å². The molecule has 2 aromatic carbocycles. The molecule has 0 bridgehead atoms. The predicted molar refractivity (Wildman–Crippen MR) is 113 cm³/mol. The van der Waals surface area contributed by atoms with Gasteiger partial charge >= 0.3 is 0 Å². The number of aromatic nitrogens is 2. The Balaban J connectivity index is 1.69. The van der Waals surface area contributed by atoms with E-state index in [1.54, 1.807) is 7.11 Å². The number of hydrogen-bond acceptors (Lipinski definition) is 4. The normalized spacial score (nSPS) is 11.5. The summed E-state index contributed by atoms with van der Waals surface area (Å²) in [5.41, 5.74) is 5.49. The summed E-state index contributed by atoms with van der Waals surface area (Å²) in [7, 11) is 1.65. The number of methoxy groups -OCH3 is 1. The van der Waals surface area contributed by atoms with Crippen LogP contribution in [0.1, 0.15) is 35.9 Å². The highest BCUT2D eigenvalue weighted by Crippen LogP contribution is 2.29. The summed E-state index contributed by atoms with van der Waals surface area (Å²) in [4.78, 5) is 4.57. The van der Waals surface area contributed by atoms with Crippen molar-refractivity contribution in [3.8, 4) is 11.5 Å². The van der Waals surface area contributed by atoms with Crippen molar-refractivity contribution in [3.05, 3.63) is 58.9 Å². The molecule has 1 N–H and O–H groups in total. The fourth-order valence-electron chi connectivity index (χ4n) is 3.30. The van der Waals surface area contributed by atoms with E-state index in [1.165, 1.54) is 11.1 Å². The quantitative estimate of drug-likeness (QED) is 0.578. The number of hydrogen-bond donors (Lipinski definition) is 1. The molecule has 0 unspecified atom stereocenters. The minimum absolute atomic E-state index is 0.0755. The first-order valence-corrected chi connectivity index (χ1v) is 9.58. The van der Waals surface area contributed by atoms with E-state index in [2.05, 4.69) is 35.5 Å². The van der Waals surface area contributed by atoms with E-state index < -0.39 is 0 Å². The summed E-state index contributed by atoms with van der Waals surface area (Å²) >= 11 is 0. The van der Waals surface area contributed by atoms with E-state index in [0.29, 0.717) is 12.4 Å². The second-order valence-electron chi connectivity index (χ2n) is 6.88. The lowest BCUT2D eigenvalue weighted by Crippen LogP contribution is -2.08. The molecule has 148 valence electrons. The smallest absolute Gasteiger partial charge is 0.161 e. The van der Waals surface area contributed by atoms with Crippen LogP contribution in [0.3, 0.4) is 0 Å². The summed E-state index contributed by atoms with van der Waals surface area (Å²) in [6.07, 6.45) is 4.81. The van der Waals surface area contributed by atoms with Crippen molar-refractivity contribution in [2.75, 3.05) is 13.7 Å². The maximum Gasteiger partial charge on any atom is 0.161 e. The molecule has 0 spiro atoms. The number of fused-ring (bicyclic) bond motifs is 1. The minimum atomic E-state index is -0.0755. The molecule has 0 saturated heterocycles. The van der Waals surface area contributed by atoms with E-state index in [1.807, 2.05) is 37.3 Å². The average molecular weight is 380 g/mol. The molecule has 3 aromatic rings. The first-order chi connectivity index (χ1) is 13.6. The van der Waals surface area contributed by atoms with Gasteiger partial charge in [-0.25, -0.2) is 4.98 Å². The number of aliphatic hydroxyl groups is 1. The van der Waals surface area contributed by atoms with Crippen molar-refractivity contribution in [1.29, 1.82) is 0 Å². The lowest BCUT2D eigenvalue weighted by molar-refractivity contribution is 0.259. The van der Waals surface area contributed by atoms with E-state index in [0.717, 1.165) is 41.1 Å². The third-order valence-electron chi connectivity index (χ3n) is 4.91. The van der Waals surface area contributed by atoms with E-state index in [-0.39, 0.29) is 6.61 Å². The Morgan fingerprint density at radius 3 is 2.61 bits per heavy atom. The average Bonchev–Trinajstić information content (AvgIpc) is 3.03. The van der Waals surface area contributed by atoms with Gasteiger partial charge in [-0.1, -0.05) is 18.2 Å². The van der Waals surface area contributed by atoms with Crippen molar-refractivity contribution >= 4 is 17.1 Å². The number of imidazole rings is 1. The Morgan fingerprint density at radius 2 is 1.89 bits per heavy atom. The third kappa shape index (κ3) is 4.20.